The molecule has 0 N–H and O–H groups in total. The van der Waals surface area contributed by atoms with Gasteiger partial charge in [-0.25, -0.2) is 0 Å². The maximum absolute atomic E-state index is 5.26. The maximum Gasteiger partial charge on any atom is 0.120 e. The van der Waals surface area contributed by atoms with Gasteiger partial charge in [-0.15, -0.1) is 0 Å². The summed E-state index contributed by atoms with van der Waals surface area (Å²) in [7, 11) is 1.68. The monoisotopic (exact) mass is 404 g/mol. The summed E-state index contributed by atoms with van der Waals surface area (Å²) in [6.07, 6.45) is 0. The molecule has 0 saturated carbocycles. The first-order valence-corrected chi connectivity index (χ1v) is 8.36. The summed E-state index contributed by atoms with van der Waals surface area (Å²) in [5, 5.41) is 2.52. The number of rotatable bonds is 3. The van der Waals surface area contributed by atoms with Crippen LogP contribution in [0.3, 0.4) is 0 Å². The highest BCUT2D eigenvalue weighted by Gasteiger charge is 2.16. The molecule has 1 nitrogen and oxygen atoms in total. The summed E-state index contributed by atoms with van der Waals surface area (Å²) < 4.78 is 6.30. The predicted molar refractivity (Wildman–Crippen MR) is 95.4 cm³/mol. The lowest BCUT2D eigenvalue weighted by Gasteiger charge is -2.16. The van der Waals surface area contributed by atoms with E-state index in [9.17, 15) is 0 Å². The Labute approximate surface area is 141 Å². The van der Waals surface area contributed by atoms with Crippen molar-refractivity contribution in [2.45, 2.75) is 4.83 Å². The number of benzene rings is 3. The zero-order valence-electron chi connectivity index (χ0n) is 11.5. The van der Waals surface area contributed by atoms with E-state index in [1.807, 2.05) is 12.1 Å². The van der Waals surface area contributed by atoms with Gasteiger partial charge in [-0.3, -0.25) is 0 Å². The van der Waals surface area contributed by atoms with Crippen molar-refractivity contribution in [2.24, 2.45) is 0 Å². The Kier molecular flexibility index (Phi) is 4.32. The Morgan fingerprint density at radius 1 is 0.905 bits per heavy atom. The van der Waals surface area contributed by atoms with E-state index in [0.717, 1.165) is 10.2 Å². The summed E-state index contributed by atoms with van der Waals surface area (Å²) in [5.74, 6) is 0.850. The van der Waals surface area contributed by atoms with Crippen LogP contribution in [0, 0.1) is 0 Å². The largest absolute Gasteiger partial charge is 0.497 e. The van der Waals surface area contributed by atoms with Gasteiger partial charge in [-0.05, 0) is 34.0 Å². The standard InChI is InChI=1S/C18H14Br2O/c1-21-13-9-10-16(17(19)11-13)18(20)15-8-4-6-12-5-2-3-7-14(12)15/h2-11,18H,1H3. The molecule has 0 spiro atoms. The Bertz CT molecular complexity index is 778. The number of hydrogen-bond donors (Lipinski definition) is 0. The fourth-order valence-electron chi connectivity index (χ4n) is 2.48. The quantitative estimate of drug-likeness (QED) is 0.478. The Morgan fingerprint density at radius 2 is 1.67 bits per heavy atom. The van der Waals surface area contributed by atoms with E-state index in [1.165, 1.54) is 21.9 Å². The van der Waals surface area contributed by atoms with Crippen molar-refractivity contribution in [1.82, 2.24) is 0 Å². The van der Waals surface area contributed by atoms with Crippen LogP contribution in [0.15, 0.2) is 65.1 Å². The van der Waals surface area contributed by atoms with E-state index in [1.54, 1.807) is 7.11 Å². The first-order valence-electron chi connectivity index (χ1n) is 6.66. The lowest BCUT2D eigenvalue weighted by Crippen LogP contribution is -1.96. The van der Waals surface area contributed by atoms with Crippen LogP contribution in [0.2, 0.25) is 0 Å². The van der Waals surface area contributed by atoms with Crippen molar-refractivity contribution in [3.8, 4) is 5.75 Å². The minimum atomic E-state index is 0.129. The van der Waals surface area contributed by atoms with Crippen LogP contribution in [0.4, 0.5) is 0 Å². The number of alkyl halides is 1. The van der Waals surface area contributed by atoms with E-state index in [2.05, 4.69) is 80.4 Å². The first kappa shape index (κ1) is 14.6. The van der Waals surface area contributed by atoms with Crippen LogP contribution in [-0.2, 0) is 0 Å². The lowest BCUT2D eigenvalue weighted by atomic mass is 9.98. The van der Waals surface area contributed by atoms with E-state index in [4.69, 9.17) is 4.74 Å². The van der Waals surface area contributed by atoms with Crippen LogP contribution in [0.1, 0.15) is 16.0 Å². The number of fused-ring (bicyclic) bond motifs is 1. The van der Waals surface area contributed by atoms with Gasteiger partial charge in [-0.2, -0.15) is 0 Å². The second-order valence-corrected chi connectivity index (χ2v) is 6.59. The van der Waals surface area contributed by atoms with Crippen LogP contribution in [-0.4, -0.2) is 7.11 Å². The molecule has 0 amide bonds. The molecule has 1 unspecified atom stereocenters. The van der Waals surface area contributed by atoms with Crippen LogP contribution >= 0.6 is 31.9 Å². The highest BCUT2D eigenvalue weighted by molar-refractivity contribution is 9.11. The minimum absolute atomic E-state index is 0.129. The van der Waals surface area contributed by atoms with Gasteiger partial charge >= 0.3 is 0 Å². The zero-order valence-corrected chi connectivity index (χ0v) is 14.7. The SMILES string of the molecule is COc1ccc(C(Br)c2cccc3ccccc23)c(Br)c1. The second kappa shape index (κ2) is 6.20. The van der Waals surface area contributed by atoms with Crippen LogP contribution in [0.5, 0.6) is 5.75 Å². The van der Waals surface area contributed by atoms with Crippen molar-refractivity contribution in [3.05, 3.63) is 76.3 Å². The molecule has 0 fully saturated rings. The fourth-order valence-corrected chi connectivity index (χ4v) is 4.17. The second-order valence-electron chi connectivity index (χ2n) is 4.82. The molecule has 106 valence electrons. The summed E-state index contributed by atoms with van der Waals surface area (Å²) in [5.41, 5.74) is 2.45. The normalized spacial score (nSPS) is 12.3. The molecule has 3 rings (SSSR count). The molecular weight excluding hydrogens is 392 g/mol. The van der Waals surface area contributed by atoms with Gasteiger partial charge in [0.1, 0.15) is 5.75 Å². The van der Waals surface area contributed by atoms with Crippen molar-refractivity contribution in [1.29, 1.82) is 0 Å². The molecular formula is C18H14Br2O. The minimum Gasteiger partial charge on any atom is -0.497 e. The lowest BCUT2D eigenvalue weighted by molar-refractivity contribution is 0.414. The Morgan fingerprint density at radius 3 is 2.43 bits per heavy atom. The first-order chi connectivity index (χ1) is 10.2. The third-order valence-corrected chi connectivity index (χ3v) is 5.25. The molecule has 0 radical (unpaired) electrons. The molecule has 3 heteroatoms. The number of methoxy groups -OCH3 is 1. The van der Waals surface area contributed by atoms with E-state index < -0.39 is 0 Å². The third kappa shape index (κ3) is 2.85. The number of halogens is 2. The molecule has 3 aromatic rings. The Balaban J connectivity index is 2.10. The van der Waals surface area contributed by atoms with Crippen molar-refractivity contribution < 1.29 is 4.74 Å². The van der Waals surface area contributed by atoms with Gasteiger partial charge in [0, 0.05) is 4.47 Å². The molecule has 0 aromatic heterocycles. The number of hydrogen-bond acceptors (Lipinski definition) is 1. The molecule has 0 aliphatic heterocycles. The smallest absolute Gasteiger partial charge is 0.120 e. The Hall–Kier alpha value is -1.32. The van der Waals surface area contributed by atoms with Gasteiger partial charge in [0.25, 0.3) is 0 Å². The van der Waals surface area contributed by atoms with Crippen LogP contribution < -0.4 is 4.74 Å². The number of ether oxygens (including phenoxy) is 1. The summed E-state index contributed by atoms with van der Waals surface area (Å²) in [4.78, 5) is 0.129. The van der Waals surface area contributed by atoms with E-state index in [0.29, 0.717) is 0 Å². The van der Waals surface area contributed by atoms with Gasteiger partial charge < -0.3 is 4.74 Å². The molecule has 0 aliphatic rings. The maximum atomic E-state index is 5.26. The highest BCUT2D eigenvalue weighted by atomic mass is 79.9. The average Bonchev–Trinajstić information content (AvgIpc) is 2.53. The summed E-state index contributed by atoms with van der Waals surface area (Å²) >= 11 is 7.48. The zero-order chi connectivity index (χ0) is 14.8. The summed E-state index contributed by atoms with van der Waals surface area (Å²) in [6.45, 7) is 0. The molecule has 3 aromatic carbocycles. The van der Waals surface area contributed by atoms with Gasteiger partial charge in [0.05, 0.1) is 11.9 Å². The van der Waals surface area contributed by atoms with E-state index in [-0.39, 0.29) is 4.83 Å². The third-order valence-electron chi connectivity index (χ3n) is 3.58. The van der Waals surface area contributed by atoms with Crippen molar-refractivity contribution >= 4 is 42.6 Å². The fraction of sp³-hybridized carbons (Fsp3) is 0.111. The average molecular weight is 406 g/mol. The van der Waals surface area contributed by atoms with Gasteiger partial charge in [-0.1, -0.05) is 80.4 Å². The molecule has 21 heavy (non-hydrogen) atoms. The van der Waals surface area contributed by atoms with Crippen LogP contribution in [0.25, 0.3) is 10.8 Å². The molecule has 1 atom stereocenters. The van der Waals surface area contributed by atoms with Gasteiger partial charge in [0.2, 0.25) is 0 Å². The van der Waals surface area contributed by atoms with Crippen molar-refractivity contribution in [2.75, 3.05) is 7.11 Å². The predicted octanol–water partition coefficient (Wildman–Crippen LogP) is 6.10. The topological polar surface area (TPSA) is 9.23 Å². The van der Waals surface area contributed by atoms with Gasteiger partial charge in [0.15, 0.2) is 0 Å². The molecule has 0 bridgehead atoms. The van der Waals surface area contributed by atoms with E-state index >= 15 is 0 Å². The van der Waals surface area contributed by atoms with Crippen molar-refractivity contribution in [3.63, 3.8) is 0 Å². The molecule has 0 saturated heterocycles. The molecule has 0 heterocycles. The molecule has 0 aliphatic carbocycles. The highest BCUT2D eigenvalue weighted by Crippen LogP contribution is 2.39. The summed E-state index contributed by atoms with van der Waals surface area (Å²) in [6, 6.07) is 20.9.